The zero-order valence-electron chi connectivity index (χ0n) is 11.0. The Morgan fingerprint density at radius 2 is 1.94 bits per heavy atom. The third kappa shape index (κ3) is 4.63. The summed E-state index contributed by atoms with van der Waals surface area (Å²) >= 11 is 0. The number of rotatable bonds is 7. The lowest BCUT2D eigenvalue weighted by Gasteiger charge is -2.15. The minimum atomic E-state index is -0.296. The van der Waals surface area contributed by atoms with Gasteiger partial charge in [0.05, 0.1) is 13.7 Å². The quantitative estimate of drug-likeness (QED) is 0.717. The first-order chi connectivity index (χ1) is 8.67. The number of carbonyl (C=O) groups excluding carboxylic acids is 1. The molecule has 0 fully saturated rings. The molecule has 0 radical (unpaired) electrons. The summed E-state index contributed by atoms with van der Waals surface area (Å²) < 4.78 is 9.93. The summed E-state index contributed by atoms with van der Waals surface area (Å²) in [7, 11) is 3.22. The summed E-state index contributed by atoms with van der Waals surface area (Å²) in [5, 5.41) is 5.89. The Bertz CT molecular complexity index is 365. The summed E-state index contributed by atoms with van der Waals surface area (Å²) in [5.74, 6) is 0.737. The van der Waals surface area contributed by atoms with Crippen LogP contribution in [0, 0.1) is 0 Å². The van der Waals surface area contributed by atoms with Gasteiger partial charge in [-0.25, -0.2) is 0 Å². The van der Waals surface area contributed by atoms with Gasteiger partial charge in [0, 0.05) is 19.3 Å². The molecule has 1 unspecified atom stereocenters. The Morgan fingerprint density at radius 3 is 2.50 bits per heavy atom. The first-order valence-electron chi connectivity index (χ1n) is 5.84. The Balaban J connectivity index is 2.42. The van der Waals surface area contributed by atoms with Crippen molar-refractivity contribution in [2.45, 2.75) is 13.0 Å². The van der Waals surface area contributed by atoms with Crippen molar-refractivity contribution in [3.05, 3.63) is 24.3 Å². The van der Waals surface area contributed by atoms with Gasteiger partial charge in [-0.15, -0.1) is 0 Å². The summed E-state index contributed by atoms with van der Waals surface area (Å²) in [4.78, 5) is 11.7. The molecule has 5 nitrogen and oxygen atoms in total. The second-order valence-corrected chi connectivity index (χ2v) is 3.88. The molecule has 18 heavy (non-hydrogen) atoms. The molecule has 1 rings (SSSR count). The highest BCUT2D eigenvalue weighted by atomic mass is 16.5. The van der Waals surface area contributed by atoms with Crippen LogP contribution in [0.15, 0.2) is 24.3 Å². The molecule has 1 amide bonds. The summed E-state index contributed by atoms with van der Waals surface area (Å²) in [6.45, 7) is 2.84. The highest BCUT2D eigenvalue weighted by Gasteiger charge is 2.11. The van der Waals surface area contributed by atoms with Crippen LogP contribution >= 0.6 is 0 Å². The van der Waals surface area contributed by atoms with E-state index in [9.17, 15) is 4.79 Å². The van der Waals surface area contributed by atoms with E-state index < -0.39 is 0 Å². The van der Waals surface area contributed by atoms with E-state index in [0.29, 0.717) is 13.2 Å². The van der Waals surface area contributed by atoms with Crippen LogP contribution in [0.1, 0.15) is 6.92 Å². The third-order valence-electron chi connectivity index (χ3n) is 2.47. The second-order valence-electron chi connectivity index (χ2n) is 3.88. The number of anilines is 1. The average molecular weight is 252 g/mol. The first-order valence-corrected chi connectivity index (χ1v) is 5.84. The smallest absolute Gasteiger partial charge is 0.242 e. The fourth-order valence-corrected chi connectivity index (χ4v) is 1.43. The van der Waals surface area contributed by atoms with Crippen molar-refractivity contribution in [2.24, 2.45) is 0 Å². The van der Waals surface area contributed by atoms with Crippen LogP contribution in [0.3, 0.4) is 0 Å². The molecule has 0 spiro atoms. The molecule has 0 saturated carbocycles. The number of nitrogens with one attached hydrogen (secondary N) is 2. The number of benzene rings is 1. The molecule has 0 saturated heterocycles. The van der Waals surface area contributed by atoms with Gasteiger partial charge in [-0.3, -0.25) is 4.79 Å². The van der Waals surface area contributed by atoms with E-state index in [2.05, 4.69) is 10.6 Å². The van der Waals surface area contributed by atoms with Crippen LogP contribution in [0.25, 0.3) is 0 Å². The van der Waals surface area contributed by atoms with Crippen molar-refractivity contribution < 1.29 is 14.3 Å². The zero-order chi connectivity index (χ0) is 13.4. The van der Waals surface area contributed by atoms with Crippen LogP contribution < -0.4 is 15.4 Å². The molecule has 2 N–H and O–H groups in total. The predicted molar refractivity (Wildman–Crippen MR) is 71.0 cm³/mol. The summed E-state index contributed by atoms with van der Waals surface area (Å²) in [5.41, 5.74) is 0.880. The molecule has 100 valence electrons. The normalized spacial score (nSPS) is 11.7. The SMILES string of the molecule is COCCNC(=O)C(C)Nc1ccc(OC)cc1. The highest BCUT2D eigenvalue weighted by molar-refractivity contribution is 5.84. The van der Waals surface area contributed by atoms with Crippen molar-refractivity contribution in [3.8, 4) is 5.75 Å². The van der Waals surface area contributed by atoms with Crippen LogP contribution in [-0.2, 0) is 9.53 Å². The lowest BCUT2D eigenvalue weighted by Crippen LogP contribution is -2.39. The number of hydrogen-bond donors (Lipinski definition) is 2. The molecular weight excluding hydrogens is 232 g/mol. The average Bonchev–Trinajstić information content (AvgIpc) is 2.39. The minimum Gasteiger partial charge on any atom is -0.497 e. The Hall–Kier alpha value is -1.75. The van der Waals surface area contributed by atoms with Crippen molar-refractivity contribution in [3.63, 3.8) is 0 Å². The van der Waals surface area contributed by atoms with Gasteiger partial charge >= 0.3 is 0 Å². The monoisotopic (exact) mass is 252 g/mol. The molecule has 0 bridgehead atoms. The standard InChI is InChI=1S/C13H20N2O3/c1-10(13(16)14-8-9-17-2)15-11-4-6-12(18-3)7-5-11/h4-7,10,15H,8-9H2,1-3H3,(H,14,16). The van der Waals surface area contributed by atoms with Crippen LogP contribution in [0.4, 0.5) is 5.69 Å². The Morgan fingerprint density at radius 1 is 1.28 bits per heavy atom. The van der Waals surface area contributed by atoms with Crippen molar-refractivity contribution >= 4 is 11.6 Å². The number of amides is 1. The van der Waals surface area contributed by atoms with Gasteiger partial charge in [0.2, 0.25) is 5.91 Å². The number of methoxy groups -OCH3 is 2. The topological polar surface area (TPSA) is 59.6 Å². The molecular formula is C13H20N2O3. The molecule has 0 aliphatic rings. The van der Waals surface area contributed by atoms with Gasteiger partial charge in [-0.2, -0.15) is 0 Å². The number of hydrogen-bond acceptors (Lipinski definition) is 4. The molecule has 1 aromatic carbocycles. The van der Waals surface area contributed by atoms with E-state index in [1.54, 1.807) is 14.2 Å². The molecule has 1 atom stereocenters. The molecule has 0 aliphatic heterocycles. The van der Waals surface area contributed by atoms with Gasteiger partial charge in [-0.1, -0.05) is 0 Å². The lowest BCUT2D eigenvalue weighted by atomic mass is 10.2. The van der Waals surface area contributed by atoms with Gasteiger partial charge in [0.25, 0.3) is 0 Å². The van der Waals surface area contributed by atoms with Gasteiger partial charge in [0.15, 0.2) is 0 Å². The molecule has 5 heteroatoms. The van der Waals surface area contributed by atoms with Crippen molar-refractivity contribution in [1.82, 2.24) is 5.32 Å². The molecule has 0 aromatic heterocycles. The largest absolute Gasteiger partial charge is 0.497 e. The molecule has 0 heterocycles. The van der Waals surface area contributed by atoms with E-state index >= 15 is 0 Å². The maximum absolute atomic E-state index is 11.7. The van der Waals surface area contributed by atoms with Crippen LogP contribution in [0.2, 0.25) is 0 Å². The first kappa shape index (κ1) is 14.3. The maximum Gasteiger partial charge on any atom is 0.242 e. The van der Waals surface area contributed by atoms with Crippen LogP contribution in [-0.4, -0.2) is 39.3 Å². The Kier molecular flexibility index (Phi) is 6.00. The van der Waals surface area contributed by atoms with Gasteiger partial charge in [0.1, 0.15) is 11.8 Å². The predicted octanol–water partition coefficient (Wildman–Crippen LogP) is 1.26. The van der Waals surface area contributed by atoms with Crippen LogP contribution in [0.5, 0.6) is 5.75 Å². The lowest BCUT2D eigenvalue weighted by molar-refractivity contribution is -0.121. The third-order valence-corrected chi connectivity index (χ3v) is 2.47. The van der Waals surface area contributed by atoms with E-state index in [-0.39, 0.29) is 11.9 Å². The highest BCUT2D eigenvalue weighted by Crippen LogP contribution is 2.15. The number of ether oxygens (including phenoxy) is 2. The summed E-state index contributed by atoms with van der Waals surface area (Å²) in [6.07, 6.45) is 0. The van der Waals surface area contributed by atoms with Crippen molar-refractivity contribution in [1.29, 1.82) is 0 Å². The van der Waals surface area contributed by atoms with E-state index in [1.165, 1.54) is 0 Å². The van der Waals surface area contributed by atoms with Crippen molar-refractivity contribution in [2.75, 3.05) is 32.7 Å². The fourth-order valence-electron chi connectivity index (χ4n) is 1.43. The number of carbonyl (C=O) groups is 1. The zero-order valence-corrected chi connectivity index (χ0v) is 11.0. The van der Waals surface area contributed by atoms with Gasteiger partial charge < -0.3 is 20.1 Å². The van der Waals surface area contributed by atoms with E-state index in [1.807, 2.05) is 31.2 Å². The molecule has 0 aliphatic carbocycles. The minimum absolute atomic E-state index is 0.0529. The van der Waals surface area contributed by atoms with Gasteiger partial charge in [-0.05, 0) is 31.2 Å². The summed E-state index contributed by atoms with van der Waals surface area (Å²) in [6, 6.07) is 7.14. The second kappa shape index (κ2) is 7.55. The Labute approximate surface area is 107 Å². The van der Waals surface area contributed by atoms with E-state index in [0.717, 1.165) is 11.4 Å². The molecule has 1 aromatic rings. The van der Waals surface area contributed by atoms with E-state index in [4.69, 9.17) is 9.47 Å². The fraction of sp³-hybridized carbons (Fsp3) is 0.462. The maximum atomic E-state index is 11.7.